The van der Waals surface area contributed by atoms with Gasteiger partial charge in [0.25, 0.3) is 0 Å². The van der Waals surface area contributed by atoms with Crippen LogP contribution in [0.15, 0.2) is 36.7 Å². The maximum absolute atomic E-state index is 12.2. The number of ether oxygens (including phenoxy) is 1. The summed E-state index contributed by atoms with van der Waals surface area (Å²) in [4.78, 5) is 18.1. The molecule has 2 rings (SSSR count). The largest absolute Gasteiger partial charge is 0.475 e. The Morgan fingerprint density at radius 1 is 1.39 bits per heavy atom. The van der Waals surface area contributed by atoms with Crippen molar-refractivity contribution in [2.24, 2.45) is 7.05 Å². The highest BCUT2D eigenvalue weighted by molar-refractivity contribution is 5.73. The molecule has 0 saturated carbocycles. The highest BCUT2D eigenvalue weighted by Gasteiger charge is 2.12. The van der Waals surface area contributed by atoms with Crippen LogP contribution in [0.2, 0.25) is 0 Å². The van der Waals surface area contributed by atoms with E-state index in [1.807, 2.05) is 55.9 Å². The van der Waals surface area contributed by atoms with Gasteiger partial charge < -0.3 is 19.5 Å². The van der Waals surface area contributed by atoms with Crippen LogP contribution in [0.3, 0.4) is 0 Å². The summed E-state index contributed by atoms with van der Waals surface area (Å²) in [5.74, 6) is 0.563. The first-order valence-electron chi connectivity index (χ1n) is 7.67. The van der Waals surface area contributed by atoms with E-state index < -0.39 is 0 Å². The Hall–Kier alpha value is -2.50. The lowest BCUT2D eigenvalue weighted by atomic mass is 10.2. The van der Waals surface area contributed by atoms with Crippen molar-refractivity contribution in [2.45, 2.75) is 33.0 Å². The summed E-state index contributed by atoms with van der Waals surface area (Å²) in [5, 5.41) is 2.90. The number of aromatic nitrogens is 2. The molecule has 2 aromatic rings. The lowest BCUT2D eigenvalue weighted by Gasteiger charge is -2.19. The summed E-state index contributed by atoms with van der Waals surface area (Å²) in [7, 11) is 3.74. The molecule has 124 valence electrons. The van der Waals surface area contributed by atoms with E-state index in [9.17, 15) is 4.79 Å². The van der Waals surface area contributed by atoms with Crippen LogP contribution in [0.4, 0.5) is 4.79 Å². The molecule has 0 aliphatic heterocycles. The van der Waals surface area contributed by atoms with Crippen molar-refractivity contribution in [3.05, 3.63) is 47.9 Å². The fourth-order valence-corrected chi connectivity index (χ4v) is 2.17. The summed E-state index contributed by atoms with van der Waals surface area (Å²) in [5.41, 5.74) is 1.94. The number of nitrogens with zero attached hydrogens (tertiary/aromatic N) is 3. The molecule has 0 atom stereocenters. The zero-order valence-electron chi connectivity index (χ0n) is 14.1. The molecule has 0 aliphatic carbocycles. The molecule has 2 heterocycles. The van der Waals surface area contributed by atoms with Gasteiger partial charge in [0.2, 0.25) is 5.88 Å². The van der Waals surface area contributed by atoms with E-state index >= 15 is 0 Å². The molecule has 0 bridgehead atoms. The van der Waals surface area contributed by atoms with Crippen molar-refractivity contribution < 1.29 is 9.53 Å². The highest BCUT2D eigenvalue weighted by atomic mass is 16.5. The molecule has 0 aliphatic rings. The minimum atomic E-state index is -0.134. The summed E-state index contributed by atoms with van der Waals surface area (Å²) < 4.78 is 7.66. The number of pyridine rings is 1. The number of aryl methyl sites for hydroxylation is 1. The minimum absolute atomic E-state index is 0.0411. The zero-order valence-corrected chi connectivity index (χ0v) is 14.1. The third-order valence-corrected chi connectivity index (χ3v) is 3.42. The summed E-state index contributed by atoms with van der Waals surface area (Å²) in [6, 6.07) is 7.57. The monoisotopic (exact) mass is 316 g/mol. The van der Waals surface area contributed by atoms with Gasteiger partial charge in [0, 0.05) is 44.3 Å². The van der Waals surface area contributed by atoms with E-state index in [4.69, 9.17) is 4.74 Å². The second-order valence-corrected chi connectivity index (χ2v) is 5.76. The highest BCUT2D eigenvalue weighted by Crippen LogP contribution is 2.15. The Balaban J connectivity index is 1.92. The minimum Gasteiger partial charge on any atom is -0.475 e. The molecule has 0 radical (unpaired) electrons. The molecule has 6 nitrogen and oxygen atoms in total. The Bertz CT molecular complexity index is 652. The van der Waals surface area contributed by atoms with Crippen molar-refractivity contribution in [3.8, 4) is 5.88 Å². The Kier molecular flexibility index (Phi) is 5.62. The fourth-order valence-electron chi connectivity index (χ4n) is 2.17. The predicted molar refractivity (Wildman–Crippen MR) is 89.1 cm³/mol. The average Bonchev–Trinajstić information content (AvgIpc) is 2.90. The molecule has 0 fully saturated rings. The number of nitrogens with one attached hydrogen (secondary N) is 1. The SMILES string of the molecule is CC(C)Oc1ncccc1CNC(=O)N(C)Cc1cccn1C. The van der Waals surface area contributed by atoms with Gasteiger partial charge in [-0.25, -0.2) is 9.78 Å². The number of carbonyl (C=O) groups is 1. The van der Waals surface area contributed by atoms with Gasteiger partial charge in [-0.2, -0.15) is 0 Å². The predicted octanol–water partition coefficient (Wildman–Crippen LogP) is 2.55. The average molecular weight is 316 g/mol. The first-order valence-corrected chi connectivity index (χ1v) is 7.67. The van der Waals surface area contributed by atoms with Crippen LogP contribution in [0.5, 0.6) is 5.88 Å². The molecule has 1 N–H and O–H groups in total. The molecule has 0 saturated heterocycles. The van der Waals surface area contributed by atoms with Crippen LogP contribution in [-0.2, 0) is 20.1 Å². The molecule has 0 unspecified atom stereocenters. The summed E-state index contributed by atoms with van der Waals surface area (Å²) in [6.07, 6.45) is 3.69. The molecule has 23 heavy (non-hydrogen) atoms. The van der Waals surface area contributed by atoms with E-state index in [1.165, 1.54) is 0 Å². The van der Waals surface area contributed by atoms with Crippen LogP contribution in [0, 0.1) is 0 Å². The normalized spacial score (nSPS) is 10.7. The van der Waals surface area contributed by atoms with Crippen molar-refractivity contribution in [1.29, 1.82) is 0 Å². The third-order valence-electron chi connectivity index (χ3n) is 3.42. The van der Waals surface area contributed by atoms with Crippen LogP contribution >= 0.6 is 0 Å². The number of rotatable bonds is 6. The van der Waals surface area contributed by atoms with Gasteiger partial charge in [-0.15, -0.1) is 0 Å². The molecule has 0 aromatic carbocycles. The Labute approximate surface area is 137 Å². The maximum atomic E-state index is 12.2. The summed E-state index contributed by atoms with van der Waals surface area (Å²) in [6.45, 7) is 4.83. The van der Waals surface area contributed by atoms with Crippen LogP contribution < -0.4 is 10.1 Å². The molecule has 2 aromatic heterocycles. The standard InChI is InChI=1S/C17H24N4O2/c1-13(2)23-16-14(7-5-9-18-16)11-19-17(22)21(4)12-15-8-6-10-20(15)3/h5-10,13H,11-12H2,1-4H3,(H,19,22). The van der Waals surface area contributed by atoms with E-state index in [2.05, 4.69) is 10.3 Å². The number of amides is 2. The quantitative estimate of drug-likeness (QED) is 0.891. The first-order chi connectivity index (χ1) is 11.0. The Morgan fingerprint density at radius 2 is 2.17 bits per heavy atom. The van der Waals surface area contributed by atoms with Crippen molar-refractivity contribution in [1.82, 2.24) is 19.8 Å². The lowest BCUT2D eigenvalue weighted by molar-refractivity contribution is 0.204. The van der Waals surface area contributed by atoms with Crippen LogP contribution in [0.1, 0.15) is 25.1 Å². The summed E-state index contributed by atoms with van der Waals surface area (Å²) >= 11 is 0. The zero-order chi connectivity index (χ0) is 16.8. The molecular formula is C17H24N4O2. The van der Waals surface area contributed by atoms with Gasteiger partial charge in [0.05, 0.1) is 12.6 Å². The second-order valence-electron chi connectivity index (χ2n) is 5.76. The van der Waals surface area contributed by atoms with Gasteiger partial charge in [0.15, 0.2) is 0 Å². The van der Waals surface area contributed by atoms with E-state index in [0.29, 0.717) is 19.0 Å². The molecule has 6 heteroatoms. The van der Waals surface area contributed by atoms with Gasteiger partial charge in [0.1, 0.15) is 0 Å². The lowest BCUT2D eigenvalue weighted by Crippen LogP contribution is -2.36. The van der Waals surface area contributed by atoms with E-state index in [0.717, 1.165) is 11.3 Å². The molecule has 2 amide bonds. The topological polar surface area (TPSA) is 59.4 Å². The van der Waals surface area contributed by atoms with Crippen LogP contribution in [0.25, 0.3) is 0 Å². The Morgan fingerprint density at radius 3 is 2.83 bits per heavy atom. The fraction of sp³-hybridized carbons (Fsp3) is 0.412. The van der Waals surface area contributed by atoms with E-state index in [-0.39, 0.29) is 12.1 Å². The van der Waals surface area contributed by atoms with Gasteiger partial charge >= 0.3 is 6.03 Å². The number of hydrogen-bond donors (Lipinski definition) is 1. The first kappa shape index (κ1) is 16.9. The van der Waals surface area contributed by atoms with Crippen LogP contribution in [-0.4, -0.2) is 33.6 Å². The second kappa shape index (κ2) is 7.67. The van der Waals surface area contributed by atoms with Gasteiger partial charge in [-0.05, 0) is 32.0 Å². The number of carbonyl (C=O) groups excluding carboxylic acids is 1. The van der Waals surface area contributed by atoms with Crippen molar-refractivity contribution >= 4 is 6.03 Å². The van der Waals surface area contributed by atoms with Gasteiger partial charge in [-0.3, -0.25) is 0 Å². The van der Waals surface area contributed by atoms with Crippen molar-refractivity contribution in [2.75, 3.05) is 7.05 Å². The number of urea groups is 1. The number of hydrogen-bond acceptors (Lipinski definition) is 3. The van der Waals surface area contributed by atoms with E-state index in [1.54, 1.807) is 18.1 Å². The van der Waals surface area contributed by atoms with Gasteiger partial charge in [-0.1, -0.05) is 6.07 Å². The molecular weight excluding hydrogens is 292 g/mol. The third kappa shape index (κ3) is 4.74. The smallest absolute Gasteiger partial charge is 0.317 e. The van der Waals surface area contributed by atoms with Crippen molar-refractivity contribution in [3.63, 3.8) is 0 Å². The maximum Gasteiger partial charge on any atom is 0.317 e. The molecule has 0 spiro atoms.